The maximum Gasteiger partial charge on any atom is 0.226 e. The minimum Gasteiger partial charge on any atom is -0.339 e. The zero-order chi connectivity index (χ0) is 14.2. The summed E-state index contributed by atoms with van der Waals surface area (Å²) in [5, 5.41) is 0. The molecule has 0 spiro atoms. The second-order valence-electron chi connectivity index (χ2n) is 7.65. The molecule has 3 nitrogen and oxygen atoms in total. The van der Waals surface area contributed by atoms with Crippen molar-refractivity contribution in [1.82, 2.24) is 4.90 Å². The highest BCUT2D eigenvalue weighted by Gasteiger charge is 2.61. The fraction of sp³-hybridized carbons (Fsp3) is 0.611. The molecule has 0 bridgehead atoms. The predicted octanol–water partition coefficient (Wildman–Crippen LogP) is 1.91. The summed E-state index contributed by atoms with van der Waals surface area (Å²) in [6.45, 7) is 1.60. The van der Waals surface area contributed by atoms with Gasteiger partial charge >= 0.3 is 0 Å². The van der Waals surface area contributed by atoms with E-state index in [1.807, 2.05) is 4.90 Å². The smallest absolute Gasteiger partial charge is 0.226 e. The van der Waals surface area contributed by atoms with Crippen LogP contribution in [0.3, 0.4) is 0 Å². The van der Waals surface area contributed by atoms with Crippen LogP contribution in [0, 0.1) is 17.8 Å². The Balaban J connectivity index is 1.32. The first-order chi connectivity index (χ1) is 10.2. The number of hydrogen-bond donors (Lipinski definition) is 1. The van der Waals surface area contributed by atoms with Crippen LogP contribution in [0.2, 0.25) is 0 Å². The van der Waals surface area contributed by atoms with Crippen LogP contribution in [-0.4, -0.2) is 29.4 Å². The zero-order valence-electron chi connectivity index (χ0n) is 12.3. The Morgan fingerprint density at radius 3 is 2.71 bits per heavy atom. The Morgan fingerprint density at radius 1 is 1.19 bits per heavy atom. The Bertz CT molecular complexity index is 615. The lowest BCUT2D eigenvalue weighted by molar-refractivity contribution is -0.141. The molecule has 1 aromatic carbocycles. The van der Waals surface area contributed by atoms with Crippen LogP contribution in [0.1, 0.15) is 36.3 Å². The van der Waals surface area contributed by atoms with Crippen molar-refractivity contribution in [2.45, 2.75) is 37.1 Å². The van der Waals surface area contributed by atoms with E-state index < -0.39 is 0 Å². The SMILES string of the molecule is NC1(C2CC2)CN(C(=O)C2C3CCc4ccccc4C32)C1. The third-order valence-electron chi connectivity index (χ3n) is 6.29. The number of likely N-dealkylation sites (tertiary alicyclic amines) is 1. The van der Waals surface area contributed by atoms with E-state index >= 15 is 0 Å². The Hall–Kier alpha value is -1.35. The van der Waals surface area contributed by atoms with E-state index in [0.29, 0.717) is 23.7 Å². The maximum absolute atomic E-state index is 12.8. The van der Waals surface area contributed by atoms with Gasteiger partial charge in [0.2, 0.25) is 5.91 Å². The summed E-state index contributed by atoms with van der Waals surface area (Å²) < 4.78 is 0. The third-order valence-corrected chi connectivity index (χ3v) is 6.29. The van der Waals surface area contributed by atoms with Gasteiger partial charge in [-0.25, -0.2) is 0 Å². The number of nitrogens with two attached hydrogens (primary N) is 1. The molecule has 1 amide bonds. The van der Waals surface area contributed by atoms with Gasteiger partial charge < -0.3 is 10.6 Å². The molecule has 1 aliphatic heterocycles. The third kappa shape index (κ3) is 1.67. The summed E-state index contributed by atoms with van der Waals surface area (Å²) in [5.41, 5.74) is 9.24. The lowest BCUT2D eigenvalue weighted by atomic mass is 9.85. The van der Waals surface area contributed by atoms with Gasteiger partial charge in [-0.15, -0.1) is 0 Å². The van der Waals surface area contributed by atoms with Crippen molar-refractivity contribution in [3.05, 3.63) is 35.4 Å². The number of nitrogens with zero attached hydrogens (tertiary/aromatic N) is 1. The molecule has 3 atom stereocenters. The summed E-state index contributed by atoms with van der Waals surface area (Å²) in [4.78, 5) is 14.8. The normalized spacial score (nSPS) is 35.5. The van der Waals surface area contributed by atoms with Gasteiger partial charge in [0, 0.05) is 19.0 Å². The largest absolute Gasteiger partial charge is 0.339 e. The zero-order valence-corrected chi connectivity index (χ0v) is 12.3. The number of rotatable bonds is 2. The van der Waals surface area contributed by atoms with Crippen molar-refractivity contribution in [2.75, 3.05) is 13.1 Å². The van der Waals surface area contributed by atoms with Crippen molar-refractivity contribution in [1.29, 1.82) is 0 Å². The standard InChI is InChI=1S/C18H22N2O/c19-18(12-6-7-12)9-20(10-18)17(21)16-14-8-5-11-3-1-2-4-13(11)15(14)16/h1-4,12,14-16H,5-10,19H2. The van der Waals surface area contributed by atoms with Gasteiger partial charge in [0.25, 0.3) is 0 Å². The predicted molar refractivity (Wildman–Crippen MR) is 80.7 cm³/mol. The summed E-state index contributed by atoms with van der Waals surface area (Å²) in [6.07, 6.45) is 4.85. The van der Waals surface area contributed by atoms with E-state index in [4.69, 9.17) is 5.73 Å². The van der Waals surface area contributed by atoms with Gasteiger partial charge in [0.05, 0.1) is 5.54 Å². The van der Waals surface area contributed by atoms with Crippen LogP contribution in [0.25, 0.3) is 0 Å². The second-order valence-corrected chi connectivity index (χ2v) is 7.65. The van der Waals surface area contributed by atoms with Gasteiger partial charge in [-0.3, -0.25) is 4.79 Å². The lowest BCUT2D eigenvalue weighted by Crippen LogP contribution is -2.70. The molecule has 1 aromatic rings. The van der Waals surface area contributed by atoms with Crippen molar-refractivity contribution in [2.24, 2.45) is 23.5 Å². The molecule has 0 aromatic heterocycles. The van der Waals surface area contributed by atoms with Crippen LogP contribution < -0.4 is 5.73 Å². The summed E-state index contributed by atoms with van der Waals surface area (Å²) in [6, 6.07) is 8.69. The first kappa shape index (κ1) is 12.2. The molecule has 110 valence electrons. The fourth-order valence-electron chi connectivity index (χ4n) is 4.85. The number of hydrogen-bond acceptors (Lipinski definition) is 2. The number of amides is 1. The van der Waals surface area contributed by atoms with Crippen molar-refractivity contribution < 1.29 is 4.79 Å². The summed E-state index contributed by atoms with van der Waals surface area (Å²) >= 11 is 0. The molecular formula is C18H22N2O. The molecule has 0 radical (unpaired) electrons. The first-order valence-corrected chi connectivity index (χ1v) is 8.33. The van der Waals surface area contributed by atoms with Gasteiger partial charge in [0.15, 0.2) is 0 Å². The van der Waals surface area contributed by atoms with E-state index in [0.717, 1.165) is 19.5 Å². The molecular weight excluding hydrogens is 260 g/mol. The Morgan fingerprint density at radius 2 is 1.95 bits per heavy atom. The monoisotopic (exact) mass is 282 g/mol. The molecule has 1 saturated heterocycles. The average molecular weight is 282 g/mol. The van der Waals surface area contributed by atoms with E-state index in [2.05, 4.69) is 24.3 Å². The minimum absolute atomic E-state index is 0.0480. The number of benzene rings is 1. The minimum atomic E-state index is -0.0480. The lowest BCUT2D eigenvalue weighted by Gasteiger charge is -2.48. The van der Waals surface area contributed by atoms with Crippen LogP contribution in [0.4, 0.5) is 0 Å². The number of fused-ring (bicyclic) bond motifs is 3. The van der Waals surface area contributed by atoms with Gasteiger partial charge in [-0.2, -0.15) is 0 Å². The number of carbonyl (C=O) groups is 1. The van der Waals surface area contributed by atoms with Gasteiger partial charge in [0.1, 0.15) is 0 Å². The highest BCUT2D eigenvalue weighted by Crippen LogP contribution is 2.61. The van der Waals surface area contributed by atoms with E-state index in [9.17, 15) is 4.79 Å². The molecule has 2 saturated carbocycles. The van der Waals surface area contributed by atoms with Gasteiger partial charge in [-0.1, -0.05) is 24.3 Å². The van der Waals surface area contributed by atoms with Crippen molar-refractivity contribution >= 4 is 5.91 Å². The Labute approximate surface area is 125 Å². The van der Waals surface area contributed by atoms with E-state index in [-0.39, 0.29) is 11.5 Å². The molecule has 21 heavy (non-hydrogen) atoms. The molecule has 1 heterocycles. The topological polar surface area (TPSA) is 46.3 Å². The number of carbonyl (C=O) groups excluding carboxylic acids is 1. The maximum atomic E-state index is 12.8. The van der Waals surface area contributed by atoms with E-state index in [1.165, 1.54) is 30.4 Å². The summed E-state index contributed by atoms with van der Waals surface area (Å²) in [7, 11) is 0. The van der Waals surface area contributed by atoms with Gasteiger partial charge in [-0.05, 0) is 54.6 Å². The van der Waals surface area contributed by atoms with E-state index in [1.54, 1.807) is 0 Å². The molecule has 3 fully saturated rings. The highest BCUT2D eigenvalue weighted by atomic mass is 16.2. The molecule has 2 N–H and O–H groups in total. The summed E-state index contributed by atoms with van der Waals surface area (Å²) in [5.74, 6) is 2.40. The van der Waals surface area contributed by atoms with Crippen LogP contribution in [-0.2, 0) is 11.2 Å². The highest BCUT2D eigenvalue weighted by molar-refractivity contribution is 5.85. The Kier molecular flexibility index (Phi) is 2.26. The molecule has 5 rings (SSSR count). The quantitative estimate of drug-likeness (QED) is 0.900. The van der Waals surface area contributed by atoms with Crippen molar-refractivity contribution in [3.63, 3.8) is 0 Å². The number of aryl methyl sites for hydroxylation is 1. The second kappa shape index (κ2) is 3.89. The first-order valence-electron chi connectivity index (χ1n) is 8.33. The molecule has 3 aliphatic carbocycles. The van der Waals surface area contributed by atoms with Crippen LogP contribution in [0.5, 0.6) is 0 Å². The van der Waals surface area contributed by atoms with Crippen LogP contribution in [0.15, 0.2) is 24.3 Å². The molecule has 3 unspecified atom stereocenters. The fourth-order valence-corrected chi connectivity index (χ4v) is 4.85. The molecule has 4 aliphatic rings. The average Bonchev–Trinajstić information content (AvgIpc) is 3.35. The van der Waals surface area contributed by atoms with Crippen LogP contribution >= 0.6 is 0 Å². The van der Waals surface area contributed by atoms with Crippen molar-refractivity contribution in [3.8, 4) is 0 Å². The molecule has 3 heteroatoms.